The number of hydrogen-bond acceptors (Lipinski definition) is 1. The highest BCUT2D eigenvalue weighted by Gasteiger charge is 2.18. The lowest BCUT2D eigenvalue weighted by Gasteiger charge is -2.20. The normalized spacial score (nSPS) is 24.1. The maximum atomic E-state index is 11.1. The van der Waals surface area contributed by atoms with Crippen molar-refractivity contribution in [1.82, 2.24) is 0 Å². The van der Waals surface area contributed by atoms with Gasteiger partial charge < -0.3 is 0 Å². The second-order valence-corrected chi connectivity index (χ2v) is 4.00. The number of carbonyl (C=O) groups excluding carboxylic acids is 1. The summed E-state index contributed by atoms with van der Waals surface area (Å²) in [6.07, 6.45) is 6.27. The fourth-order valence-electron chi connectivity index (χ4n) is 1.81. The Labute approximate surface area is 74.9 Å². The van der Waals surface area contributed by atoms with E-state index >= 15 is 0 Å². The van der Waals surface area contributed by atoms with Crippen molar-refractivity contribution in [2.45, 2.75) is 45.4 Å². The highest BCUT2D eigenvalue weighted by atomic mass is 16.1. The van der Waals surface area contributed by atoms with Crippen molar-refractivity contribution in [3.8, 4) is 0 Å². The summed E-state index contributed by atoms with van der Waals surface area (Å²) in [4.78, 5) is 11.1. The zero-order valence-corrected chi connectivity index (χ0v) is 7.94. The molecule has 0 aliphatic heterocycles. The van der Waals surface area contributed by atoms with Crippen LogP contribution in [0.25, 0.3) is 0 Å². The molecule has 1 rings (SSSR count). The first-order valence-electron chi connectivity index (χ1n) is 4.84. The van der Waals surface area contributed by atoms with Crippen LogP contribution in [0.3, 0.4) is 0 Å². The molecule has 12 heavy (non-hydrogen) atoms. The Morgan fingerprint density at radius 3 is 3.00 bits per heavy atom. The molecular formula is C11H18O. The minimum atomic E-state index is 0.466. The molecule has 0 radical (unpaired) electrons. The second-order valence-electron chi connectivity index (χ2n) is 4.00. The number of Topliss-reactive ketones (excluding diaryl/α,β-unsaturated/α-hetero) is 1. The van der Waals surface area contributed by atoms with E-state index in [4.69, 9.17) is 0 Å². The molecule has 0 spiro atoms. The summed E-state index contributed by atoms with van der Waals surface area (Å²) in [6, 6.07) is 0. The smallest absolute Gasteiger partial charge is 0.133 e. The Morgan fingerprint density at radius 2 is 2.42 bits per heavy atom. The van der Waals surface area contributed by atoms with Gasteiger partial charge >= 0.3 is 0 Å². The van der Waals surface area contributed by atoms with Gasteiger partial charge in [0.2, 0.25) is 0 Å². The third kappa shape index (κ3) is 3.21. The van der Waals surface area contributed by atoms with Gasteiger partial charge in [0.15, 0.2) is 0 Å². The van der Waals surface area contributed by atoms with Crippen LogP contribution >= 0.6 is 0 Å². The van der Waals surface area contributed by atoms with Crippen LogP contribution in [-0.2, 0) is 4.79 Å². The SMILES string of the molecule is C=C(C)CCC1CCCC(=O)C1. The van der Waals surface area contributed by atoms with Crippen molar-refractivity contribution in [2.24, 2.45) is 5.92 Å². The van der Waals surface area contributed by atoms with E-state index < -0.39 is 0 Å². The first-order valence-corrected chi connectivity index (χ1v) is 4.84. The van der Waals surface area contributed by atoms with Crippen molar-refractivity contribution < 1.29 is 4.79 Å². The average molecular weight is 166 g/mol. The minimum Gasteiger partial charge on any atom is -0.300 e. The van der Waals surface area contributed by atoms with Crippen LogP contribution < -0.4 is 0 Å². The fourth-order valence-corrected chi connectivity index (χ4v) is 1.81. The zero-order valence-electron chi connectivity index (χ0n) is 7.94. The molecule has 1 heteroatoms. The lowest BCUT2D eigenvalue weighted by Crippen LogP contribution is -2.14. The van der Waals surface area contributed by atoms with Gasteiger partial charge in [0.25, 0.3) is 0 Å². The van der Waals surface area contributed by atoms with Crippen molar-refractivity contribution in [2.75, 3.05) is 0 Å². The summed E-state index contributed by atoms with van der Waals surface area (Å²) in [7, 11) is 0. The maximum Gasteiger partial charge on any atom is 0.133 e. The third-order valence-corrected chi connectivity index (χ3v) is 2.56. The number of hydrogen-bond donors (Lipinski definition) is 0. The van der Waals surface area contributed by atoms with E-state index in [-0.39, 0.29) is 0 Å². The molecule has 0 aromatic rings. The van der Waals surface area contributed by atoms with Gasteiger partial charge in [-0.2, -0.15) is 0 Å². The molecule has 1 saturated carbocycles. The summed E-state index contributed by atoms with van der Waals surface area (Å²) in [6.45, 7) is 5.93. The van der Waals surface area contributed by atoms with Gasteiger partial charge in [-0.1, -0.05) is 5.57 Å². The van der Waals surface area contributed by atoms with Crippen LogP contribution in [0.5, 0.6) is 0 Å². The van der Waals surface area contributed by atoms with Crippen molar-refractivity contribution in [3.05, 3.63) is 12.2 Å². The van der Waals surface area contributed by atoms with E-state index in [0.717, 1.165) is 25.7 Å². The van der Waals surface area contributed by atoms with E-state index in [1.165, 1.54) is 18.4 Å². The molecule has 0 saturated heterocycles. The molecule has 1 atom stereocenters. The minimum absolute atomic E-state index is 0.466. The fraction of sp³-hybridized carbons (Fsp3) is 0.727. The molecule has 0 amide bonds. The van der Waals surface area contributed by atoms with Crippen LogP contribution in [0.1, 0.15) is 45.4 Å². The van der Waals surface area contributed by atoms with E-state index in [1.54, 1.807) is 0 Å². The highest BCUT2D eigenvalue weighted by molar-refractivity contribution is 5.79. The lowest BCUT2D eigenvalue weighted by atomic mass is 9.85. The van der Waals surface area contributed by atoms with E-state index in [2.05, 4.69) is 13.5 Å². The number of carbonyl (C=O) groups is 1. The van der Waals surface area contributed by atoms with E-state index in [1.807, 2.05) is 0 Å². The van der Waals surface area contributed by atoms with Gasteiger partial charge in [0.1, 0.15) is 5.78 Å². The Hall–Kier alpha value is -0.590. The Balaban J connectivity index is 2.23. The largest absolute Gasteiger partial charge is 0.300 e. The maximum absolute atomic E-state index is 11.1. The van der Waals surface area contributed by atoms with Crippen molar-refractivity contribution >= 4 is 5.78 Å². The van der Waals surface area contributed by atoms with Crippen LogP contribution in [0, 0.1) is 5.92 Å². The van der Waals surface area contributed by atoms with Gasteiger partial charge in [-0.05, 0) is 38.5 Å². The summed E-state index contributed by atoms with van der Waals surface area (Å²) < 4.78 is 0. The predicted molar refractivity (Wildman–Crippen MR) is 51.0 cm³/mol. The molecule has 0 aromatic heterocycles. The third-order valence-electron chi connectivity index (χ3n) is 2.56. The summed E-state index contributed by atoms with van der Waals surface area (Å²) in [5.41, 5.74) is 1.24. The number of allylic oxidation sites excluding steroid dienone is 1. The van der Waals surface area contributed by atoms with Crippen LogP contribution in [0.2, 0.25) is 0 Å². The Morgan fingerprint density at radius 1 is 1.67 bits per heavy atom. The van der Waals surface area contributed by atoms with Crippen molar-refractivity contribution in [3.63, 3.8) is 0 Å². The monoisotopic (exact) mass is 166 g/mol. The zero-order chi connectivity index (χ0) is 8.97. The van der Waals surface area contributed by atoms with Gasteiger partial charge in [-0.25, -0.2) is 0 Å². The van der Waals surface area contributed by atoms with Gasteiger partial charge in [0.05, 0.1) is 0 Å². The average Bonchev–Trinajstić information content (AvgIpc) is 2.01. The highest BCUT2D eigenvalue weighted by Crippen LogP contribution is 2.26. The molecule has 0 aromatic carbocycles. The molecule has 0 bridgehead atoms. The Kier molecular flexibility index (Phi) is 3.51. The van der Waals surface area contributed by atoms with Gasteiger partial charge in [0, 0.05) is 12.8 Å². The van der Waals surface area contributed by atoms with E-state index in [0.29, 0.717) is 11.7 Å². The lowest BCUT2D eigenvalue weighted by molar-refractivity contribution is -0.121. The quantitative estimate of drug-likeness (QED) is 0.589. The standard InChI is InChI=1S/C11H18O/c1-9(2)6-7-10-4-3-5-11(12)8-10/h10H,1,3-8H2,2H3. The van der Waals surface area contributed by atoms with E-state index in [9.17, 15) is 4.79 Å². The number of rotatable bonds is 3. The van der Waals surface area contributed by atoms with Crippen LogP contribution in [0.4, 0.5) is 0 Å². The van der Waals surface area contributed by atoms with Crippen LogP contribution in [0.15, 0.2) is 12.2 Å². The topological polar surface area (TPSA) is 17.1 Å². The molecule has 0 heterocycles. The number of ketones is 1. The van der Waals surface area contributed by atoms with Crippen molar-refractivity contribution in [1.29, 1.82) is 0 Å². The molecule has 1 aliphatic rings. The molecule has 1 nitrogen and oxygen atoms in total. The molecule has 68 valence electrons. The molecule has 1 aliphatic carbocycles. The summed E-state index contributed by atoms with van der Waals surface area (Å²) in [5.74, 6) is 1.12. The summed E-state index contributed by atoms with van der Waals surface area (Å²) >= 11 is 0. The second kappa shape index (κ2) is 4.44. The van der Waals surface area contributed by atoms with Crippen LogP contribution in [-0.4, -0.2) is 5.78 Å². The molecule has 0 N–H and O–H groups in total. The Bertz CT molecular complexity index is 181. The molecular weight excluding hydrogens is 148 g/mol. The predicted octanol–water partition coefficient (Wildman–Crippen LogP) is 3.10. The van der Waals surface area contributed by atoms with Gasteiger partial charge in [-0.15, -0.1) is 6.58 Å². The first-order chi connectivity index (χ1) is 5.68. The summed E-state index contributed by atoms with van der Waals surface area (Å²) in [5, 5.41) is 0. The first kappa shape index (κ1) is 9.50. The molecule has 1 unspecified atom stereocenters. The molecule has 1 fully saturated rings. The van der Waals surface area contributed by atoms with Gasteiger partial charge in [-0.3, -0.25) is 4.79 Å².